The molecular weight excluding hydrogens is 318 g/mol. The van der Waals surface area contributed by atoms with Crippen LogP contribution < -0.4 is 0 Å². The topological polar surface area (TPSA) is 67.7 Å². The molecule has 0 spiro atoms. The average Bonchev–Trinajstić information content (AvgIpc) is 2.52. The summed E-state index contributed by atoms with van der Waals surface area (Å²) in [6.07, 6.45) is 5.86. The molecule has 0 atom stereocenters. The molecule has 0 saturated heterocycles. The minimum Gasteiger partial charge on any atom is -0.449 e. The lowest BCUT2D eigenvalue weighted by Gasteiger charge is -2.28. The first-order valence-corrected chi connectivity index (χ1v) is 9.93. The second-order valence-corrected chi connectivity index (χ2v) is 6.95. The van der Waals surface area contributed by atoms with E-state index in [0.29, 0.717) is 39.0 Å². The standard InChI is InChI=1S/C15H29NO6Si/c1-6-13-18-22-15(17-7-2)16-12-11-14-23(19-8-3,20-9-4)21-10-5/h1H,7-14H2,2-5H3. The number of ether oxygens (including phenoxy) is 1. The van der Waals surface area contributed by atoms with Crippen LogP contribution in [0.1, 0.15) is 34.1 Å². The highest BCUT2D eigenvalue weighted by Gasteiger charge is 2.39. The molecule has 0 aromatic carbocycles. The van der Waals surface area contributed by atoms with Gasteiger partial charge in [0, 0.05) is 32.4 Å². The number of aliphatic imine (C=N–C) groups is 1. The smallest absolute Gasteiger partial charge is 0.449 e. The monoisotopic (exact) mass is 347 g/mol. The number of nitrogens with zero attached hydrogens (tertiary/aromatic N) is 1. The van der Waals surface area contributed by atoms with Crippen molar-refractivity contribution >= 4 is 14.9 Å². The molecule has 0 aliphatic carbocycles. The summed E-state index contributed by atoms with van der Waals surface area (Å²) < 4.78 is 22.6. The fourth-order valence-corrected chi connectivity index (χ4v) is 4.39. The Bertz CT molecular complexity index is 341. The van der Waals surface area contributed by atoms with Gasteiger partial charge in [-0.15, -0.1) is 6.42 Å². The molecule has 134 valence electrons. The summed E-state index contributed by atoms with van der Waals surface area (Å²) in [4.78, 5) is 13.9. The maximum Gasteiger partial charge on any atom is 0.500 e. The predicted octanol–water partition coefficient (Wildman–Crippen LogP) is 2.40. The molecular formula is C15H29NO6Si. The van der Waals surface area contributed by atoms with Crippen molar-refractivity contribution in [1.82, 2.24) is 0 Å². The molecule has 0 rings (SSSR count). The zero-order valence-electron chi connectivity index (χ0n) is 14.6. The Balaban J connectivity index is 4.46. The van der Waals surface area contributed by atoms with Crippen molar-refractivity contribution in [3.63, 3.8) is 0 Å². The van der Waals surface area contributed by atoms with Gasteiger partial charge in [-0.3, -0.25) is 4.89 Å². The largest absolute Gasteiger partial charge is 0.500 e. The minimum absolute atomic E-state index is 0.0289. The van der Waals surface area contributed by atoms with Crippen molar-refractivity contribution in [3.8, 4) is 12.3 Å². The fraction of sp³-hybridized carbons (Fsp3) is 0.800. The number of terminal acetylenes is 1. The molecule has 8 heteroatoms. The van der Waals surface area contributed by atoms with Crippen LogP contribution in [0.25, 0.3) is 0 Å². The van der Waals surface area contributed by atoms with E-state index in [4.69, 9.17) is 34.2 Å². The third kappa shape index (κ3) is 10.3. The van der Waals surface area contributed by atoms with Gasteiger partial charge in [-0.25, -0.2) is 4.99 Å². The molecule has 0 aliphatic rings. The van der Waals surface area contributed by atoms with E-state index in [1.807, 2.05) is 27.7 Å². The van der Waals surface area contributed by atoms with E-state index in [2.05, 4.69) is 10.9 Å². The highest BCUT2D eigenvalue weighted by Crippen LogP contribution is 2.18. The van der Waals surface area contributed by atoms with Gasteiger partial charge in [0.15, 0.2) is 6.61 Å². The molecule has 0 fully saturated rings. The van der Waals surface area contributed by atoms with E-state index in [1.54, 1.807) is 0 Å². The molecule has 0 radical (unpaired) electrons. The molecule has 0 heterocycles. The molecule has 7 nitrogen and oxygen atoms in total. The summed E-state index contributed by atoms with van der Waals surface area (Å²) in [5.74, 6) is 2.29. The number of rotatable bonds is 13. The van der Waals surface area contributed by atoms with Gasteiger partial charge in [0.1, 0.15) is 0 Å². The second-order valence-electron chi connectivity index (χ2n) is 4.22. The van der Waals surface area contributed by atoms with Crippen LogP contribution in [0.5, 0.6) is 0 Å². The minimum atomic E-state index is -2.63. The van der Waals surface area contributed by atoms with Gasteiger partial charge in [-0.05, 0) is 34.1 Å². The van der Waals surface area contributed by atoms with Crippen LogP contribution in [0.15, 0.2) is 4.99 Å². The van der Waals surface area contributed by atoms with Gasteiger partial charge in [0.2, 0.25) is 0 Å². The van der Waals surface area contributed by atoms with Crippen molar-refractivity contribution in [2.75, 3.05) is 39.6 Å². The van der Waals surface area contributed by atoms with E-state index >= 15 is 0 Å². The molecule has 23 heavy (non-hydrogen) atoms. The zero-order chi connectivity index (χ0) is 17.4. The van der Waals surface area contributed by atoms with Crippen LogP contribution in [0.3, 0.4) is 0 Å². The summed E-state index contributed by atoms with van der Waals surface area (Å²) in [5.41, 5.74) is 0. The first kappa shape index (κ1) is 21.9. The summed E-state index contributed by atoms with van der Waals surface area (Å²) in [7, 11) is -2.63. The van der Waals surface area contributed by atoms with Crippen LogP contribution in [0.4, 0.5) is 0 Å². The third-order valence-electron chi connectivity index (χ3n) is 2.52. The summed E-state index contributed by atoms with van der Waals surface area (Å²) in [6.45, 7) is 10.2. The lowest BCUT2D eigenvalue weighted by Crippen LogP contribution is -2.46. The Hall–Kier alpha value is -1.11. The highest BCUT2D eigenvalue weighted by atomic mass is 28.4. The van der Waals surface area contributed by atoms with Gasteiger partial charge in [-0.1, -0.05) is 5.92 Å². The van der Waals surface area contributed by atoms with E-state index in [1.165, 1.54) is 0 Å². The van der Waals surface area contributed by atoms with Gasteiger partial charge >= 0.3 is 14.9 Å². The molecule has 0 bridgehead atoms. The van der Waals surface area contributed by atoms with Gasteiger partial charge in [0.05, 0.1) is 6.61 Å². The Morgan fingerprint density at radius 1 is 1.00 bits per heavy atom. The molecule has 0 amide bonds. The first-order valence-electron chi connectivity index (χ1n) is 7.99. The van der Waals surface area contributed by atoms with Crippen LogP contribution >= 0.6 is 0 Å². The molecule has 0 aromatic heterocycles. The molecule has 0 N–H and O–H groups in total. The van der Waals surface area contributed by atoms with Gasteiger partial charge in [-0.2, -0.15) is 4.89 Å². The Labute approximate surface area is 140 Å². The Morgan fingerprint density at radius 2 is 1.61 bits per heavy atom. The van der Waals surface area contributed by atoms with Crippen molar-refractivity contribution in [2.45, 2.75) is 40.2 Å². The lowest BCUT2D eigenvalue weighted by atomic mass is 10.5. The maximum absolute atomic E-state index is 5.78. The van der Waals surface area contributed by atoms with Crippen LogP contribution in [-0.2, 0) is 27.8 Å². The van der Waals surface area contributed by atoms with Crippen molar-refractivity contribution in [2.24, 2.45) is 4.99 Å². The van der Waals surface area contributed by atoms with E-state index in [9.17, 15) is 0 Å². The average molecular weight is 347 g/mol. The molecule has 0 aromatic rings. The number of hydrogen-bond acceptors (Lipinski definition) is 7. The zero-order valence-corrected chi connectivity index (χ0v) is 15.6. The van der Waals surface area contributed by atoms with E-state index in [-0.39, 0.29) is 12.7 Å². The Kier molecular flexibility index (Phi) is 13.8. The van der Waals surface area contributed by atoms with Crippen LogP contribution in [0, 0.1) is 12.3 Å². The summed E-state index contributed by atoms with van der Waals surface area (Å²) in [5, 5.41) is 0. The highest BCUT2D eigenvalue weighted by molar-refractivity contribution is 6.60. The van der Waals surface area contributed by atoms with E-state index < -0.39 is 8.80 Å². The predicted molar refractivity (Wildman–Crippen MR) is 89.9 cm³/mol. The number of hydrogen-bond donors (Lipinski definition) is 0. The van der Waals surface area contributed by atoms with Crippen LogP contribution in [-0.4, -0.2) is 54.5 Å². The lowest BCUT2D eigenvalue weighted by molar-refractivity contribution is -0.226. The van der Waals surface area contributed by atoms with Gasteiger partial charge in [0.25, 0.3) is 0 Å². The first-order chi connectivity index (χ1) is 11.2. The normalized spacial score (nSPS) is 12.0. The Morgan fingerprint density at radius 3 is 2.09 bits per heavy atom. The molecule has 0 saturated carbocycles. The third-order valence-corrected chi connectivity index (χ3v) is 5.67. The summed E-state index contributed by atoms with van der Waals surface area (Å²) in [6, 6.07) is 0.677. The molecule has 0 unspecified atom stereocenters. The maximum atomic E-state index is 5.78. The van der Waals surface area contributed by atoms with E-state index in [0.717, 1.165) is 6.42 Å². The quantitative estimate of drug-likeness (QED) is 0.0969. The summed E-state index contributed by atoms with van der Waals surface area (Å²) >= 11 is 0. The fourth-order valence-electron chi connectivity index (χ4n) is 1.80. The van der Waals surface area contributed by atoms with Gasteiger partial charge < -0.3 is 18.0 Å². The second kappa shape index (κ2) is 14.5. The van der Waals surface area contributed by atoms with Crippen molar-refractivity contribution in [3.05, 3.63) is 0 Å². The van der Waals surface area contributed by atoms with Crippen molar-refractivity contribution < 1.29 is 27.8 Å². The van der Waals surface area contributed by atoms with Crippen molar-refractivity contribution in [1.29, 1.82) is 0 Å². The van der Waals surface area contributed by atoms with Crippen LogP contribution in [0.2, 0.25) is 6.04 Å². The molecule has 0 aliphatic heterocycles. The SMILES string of the molecule is C#CCOOC(=NCCC[Si](OCC)(OCC)OCC)OCC.